The van der Waals surface area contributed by atoms with E-state index in [1.54, 1.807) is 11.8 Å². The molecule has 1 aromatic heterocycles. The summed E-state index contributed by atoms with van der Waals surface area (Å²) in [7, 11) is 1.66. The average molecular weight is 455 g/mol. The molecule has 1 fully saturated rings. The summed E-state index contributed by atoms with van der Waals surface area (Å²) in [5, 5.41) is 12.5. The van der Waals surface area contributed by atoms with Crippen LogP contribution in [0.5, 0.6) is 11.5 Å². The second kappa shape index (κ2) is 10.4. The summed E-state index contributed by atoms with van der Waals surface area (Å²) in [5.41, 5.74) is 1.96. The molecule has 0 spiro atoms. The molecule has 2 aromatic carbocycles. The van der Waals surface area contributed by atoms with Crippen molar-refractivity contribution in [3.05, 3.63) is 48.5 Å². The van der Waals surface area contributed by atoms with E-state index in [1.807, 2.05) is 60.4 Å². The number of ether oxygens (including phenoxy) is 2. The van der Waals surface area contributed by atoms with Crippen molar-refractivity contribution < 1.29 is 14.3 Å². The molecule has 1 aliphatic rings. The average Bonchev–Trinajstić information content (AvgIpc) is 3.32. The number of piperazine rings is 1. The quantitative estimate of drug-likeness (QED) is 0.480. The fraction of sp³-hybridized carbons (Fsp3) is 0.364. The van der Waals surface area contributed by atoms with Gasteiger partial charge in [-0.05, 0) is 65.9 Å². The van der Waals surface area contributed by atoms with Crippen LogP contribution >= 0.6 is 11.8 Å². The highest BCUT2D eigenvalue weighted by atomic mass is 32.2. The van der Waals surface area contributed by atoms with E-state index in [9.17, 15) is 4.79 Å². The first-order valence-electron chi connectivity index (χ1n) is 10.5. The van der Waals surface area contributed by atoms with E-state index in [0.717, 1.165) is 36.0 Å². The number of methoxy groups -OCH3 is 1. The number of hydrogen-bond donors (Lipinski definition) is 0. The van der Waals surface area contributed by atoms with Gasteiger partial charge in [0.1, 0.15) is 11.5 Å². The van der Waals surface area contributed by atoms with Gasteiger partial charge in [0.2, 0.25) is 11.1 Å². The molecular formula is C22H26N6O3S. The Morgan fingerprint density at radius 3 is 2.28 bits per heavy atom. The van der Waals surface area contributed by atoms with Crippen LogP contribution in [0.1, 0.15) is 6.92 Å². The number of benzene rings is 2. The Morgan fingerprint density at radius 1 is 0.969 bits per heavy atom. The number of anilines is 1. The highest BCUT2D eigenvalue weighted by Gasteiger charge is 2.22. The predicted molar refractivity (Wildman–Crippen MR) is 123 cm³/mol. The van der Waals surface area contributed by atoms with E-state index in [2.05, 4.69) is 20.4 Å². The Balaban J connectivity index is 1.30. The number of amides is 1. The summed E-state index contributed by atoms with van der Waals surface area (Å²) in [5.74, 6) is 2.01. The highest BCUT2D eigenvalue weighted by Crippen LogP contribution is 2.23. The molecule has 0 unspecified atom stereocenters. The van der Waals surface area contributed by atoms with Crippen molar-refractivity contribution in [2.24, 2.45) is 0 Å². The Bertz CT molecular complexity index is 1020. The molecule has 0 atom stereocenters. The number of carbonyl (C=O) groups excluding carboxylic acids is 1. The molecule has 9 nitrogen and oxygen atoms in total. The van der Waals surface area contributed by atoms with Crippen LogP contribution in [0.15, 0.2) is 53.7 Å². The topological polar surface area (TPSA) is 85.6 Å². The maximum absolute atomic E-state index is 12.8. The zero-order chi connectivity index (χ0) is 22.3. The molecule has 168 valence electrons. The summed E-state index contributed by atoms with van der Waals surface area (Å²) in [6, 6.07) is 15.6. The Hall–Kier alpha value is -3.27. The minimum Gasteiger partial charge on any atom is -0.497 e. The van der Waals surface area contributed by atoms with Gasteiger partial charge in [0, 0.05) is 31.9 Å². The van der Waals surface area contributed by atoms with Gasteiger partial charge in [-0.3, -0.25) is 4.79 Å². The lowest BCUT2D eigenvalue weighted by atomic mass is 10.2. The van der Waals surface area contributed by atoms with Crippen LogP contribution < -0.4 is 14.4 Å². The van der Waals surface area contributed by atoms with Crippen molar-refractivity contribution in [3.63, 3.8) is 0 Å². The molecule has 0 saturated carbocycles. The zero-order valence-corrected chi connectivity index (χ0v) is 19.0. The third-order valence-corrected chi connectivity index (χ3v) is 6.13. The molecule has 1 saturated heterocycles. The molecule has 0 bridgehead atoms. The fourth-order valence-electron chi connectivity index (χ4n) is 3.51. The molecule has 3 aromatic rings. The first-order valence-corrected chi connectivity index (χ1v) is 11.5. The van der Waals surface area contributed by atoms with E-state index in [4.69, 9.17) is 9.47 Å². The minimum absolute atomic E-state index is 0.0885. The van der Waals surface area contributed by atoms with Crippen molar-refractivity contribution in [2.45, 2.75) is 12.1 Å². The van der Waals surface area contributed by atoms with Gasteiger partial charge in [-0.1, -0.05) is 11.8 Å². The fourth-order valence-corrected chi connectivity index (χ4v) is 4.30. The van der Waals surface area contributed by atoms with Gasteiger partial charge in [-0.15, -0.1) is 5.10 Å². The van der Waals surface area contributed by atoms with Crippen molar-refractivity contribution in [2.75, 3.05) is 50.5 Å². The van der Waals surface area contributed by atoms with Crippen molar-refractivity contribution in [3.8, 4) is 17.2 Å². The van der Waals surface area contributed by atoms with Crippen LogP contribution in [0.25, 0.3) is 5.69 Å². The van der Waals surface area contributed by atoms with Gasteiger partial charge in [0.25, 0.3) is 0 Å². The van der Waals surface area contributed by atoms with Crippen LogP contribution in [0.2, 0.25) is 0 Å². The number of thioether (sulfide) groups is 1. The Morgan fingerprint density at radius 2 is 1.62 bits per heavy atom. The second-order valence-corrected chi connectivity index (χ2v) is 8.10. The van der Waals surface area contributed by atoms with Gasteiger partial charge in [-0.2, -0.15) is 4.68 Å². The standard InChI is InChI=1S/C22H26N6O3S/c1-3-31-20-10-6-18(7-11-20)28-22(23-24-25-28)32-16-21(29)27-14-12-26(13-15-27)17-4-8-19(30-2)9-5-17/h4-11H,3,12-16H2,1-2H3. The number of nitrogens with zero attached hydrogens (tertiary/aromatic N) is 6. The zero-order valence-electron chi connectivity index (χ0n) is 18.2. The molecule has 0 radical (unpaired) electrons. The lowest BCUT2D eigenvalue weighted by Crippen LogP contribution is -2.49. The predicted octanol–water partition coefficient (Wildman–Crippen LogP) is 2.51. The molecule has 0 N–H and O–H groups in total. The largest absolute Gasteiger partial charge is 0.497 e. The van der Waals surface area contributed by atoms with E-state index < -0.39 is 0 Å². The molecule has 0 aliphatic carbocycles. The van der Waals surface area contributed by atoms with E-state index >= 15 is 0 Å². The van der Waals surface area contributed by atoms with Crippen LogP contribution in [0.3, 0.4) is 0 Å². The van der Waals surface area contributed by atoms with E-state index in [0.29, 0.717) is 30.6 Å². The molecule has 4 rings (SSSR count). The Labute approximate surface area is 191 Å². The summed E-state index contributed by atoms with van der Waals surface area (Å²) in [4.78, 5) is 16.9. The number of hydrogen-bond acceptors (Lipinski definition) is 8. The van der Waals surface area contributed by atoms with Crippen LogP contribution in [0, 0.1) is 0 Å². The molecule has 1 aliphatic heterocycles. The van der Waals surface area contributed by atoms with Gasteiger partial charge < -0.3 is 19.3 Å². The normalized spacial score (nSPS) is 13.8. The van der Waals surface area contributed by atoms with Crippen molar-refractivity contribution >= 4 is 23.4 Å². The molecule has 32 heavy (non-hydrogen) atoms. The third-order valence-electron chi connectivity index (χ3n) is 5.23. The maximum Gasteiger partial charge on any atom is 0.233 e. The number of carbonyl (C=O) groups is 1. The first kappa shape index (κ1) is 21.9. The van der Waals surface area contributed by atoms with Gasteiger partial charge in [0.05, 0.1) is 25.2 Å². The Kier molecular flexibility index (Phi) is 7.10. The lowest BCUT2D eigenvalue weighted by molar-refractivity contribution is -0.128. The molecule has 1 amide bonds. The monoisotopic (exact) mass is 454 g/mol. The van der Waals surface area contributed by atoms with Crippen molar-refractivity contribution in [1.82, 2.24) is 25.1 Å². The highest BCUT2D eigenvalue weighted by molar-refractivity contribution is 7.99. The number of aromatic nitrogens is 4. The van der Waals surface area contributed by atoms with Gasteiger partial charge >= 0.3 is 0 Å². The molecular weight excluding hydrogens is 428 g/mol. The summed E-state index contributed by atoms with van der Waals surface area (Å²) >= 11 is 1.34. The van der Waals surface area contributed by atoms with Gasteiger partial charge in [-0.25, -0.2) is 0 Å². The van der Waals surface area contributed by atoms with E-state index in [1.165, 1.54) is 11.8 Å². The van der Waals surface area contributed by atoms with Crippen LogP contribution in [0.4, 0.5) is 5.69 Å². The number of rotatable bonds is 8. The SMILES string of the molecule is CCOc1ccc(-n2nnnc2SCC(=O)N2CCN(c3ccc(OC)cc3)CC2)cc1. The van der Waals surface area contributed by atoms with Gasteiger partial charge in [0.15, 0.2) is 0 Å². The first-order chi connectivity index (χ1) is 15.7. The van der Waals surface area contributed by atoms with Crippen molar-refractivity contribution in [1.29, 1.82) is 0 Å². The summed E-state index contributed by atoms with van der Waals surface area (Å²) in [6.45, 7) is 5.53. The minimum atomic E-state index is 0.0885. The van der Waals surface area contributed by atoms with Crippen LogP contribution in [-0.4, -0.2) is 76.7 Å². The summed E-state index contributed by atoms with van der Waals surface area (Å²) < 4.78 is 12.3. The maximum atomic E-state index is 12.8. The molecule has 2 heterocycles. The number of tetrazole rings is 1. The third kappa shape index (κ3) is 5.13. The summed E-state index contributed by atoms with van der Waals surface area (Å²) in [6.07, 6.45) is 0. The second-order valence-electron chi connectivity index (χ2n) is 7.15. The van der Waals surface area contributed by atoms with Crippen LogP contribution in [-0.2, 0) is 4.79 Å². The smallest absolute Gasteiger partial charge is 0.233 e. The lowest BCUT2D eigenvalue weighted by Gasteiger charge is -2.36. The van der Waals surface area contributed by atoms with E-state index in [-0.39, 0.29) is 5.91 Å². The molecule has 10 heteroatoms.